The van der Waals surface area contributed by atoms with E-state index < -0.39 is 0 Å². The minimum Gasteiger partial charge on any atom is -0.484 e. The molecule has 1 N–H and O–H groups in total. The van der Waals surface area contributed by atoms with E-state index in [1.54, 1.807) is 0 Å². The Morgan fingerprint density at radius 2 is 2.39 bits per heavy atom. The summed E-state index contributed by atoms with van der Waals surface area (Å²) in [5, 5.41) is 7.21. The van der Waals surface area contributed by atoms with Gasteiger partial charge in [0.05, 0.1) is 26.0 Å². The van der Waals surface area contributed by atoms with E-state index in [-0.39, 0.29) is 12.5 Å². The third-order valence-electron chi connectivity index (χ3n) is 3.78. The quantitative estimate of drug-likeness (QED) is 0.876. The molecule has 2 aromatic rings. The molecule has 1 aliphatic rings. The number of ether oxygens (including phenoxy) is 2. The molecule has 0 saturated heterocycles. The summed E-state index contributed by atoms with van der Waals surface area (Å²) in [5.74, 6) is 0.581. The summed E-state index contributed by atoms with van der Waals surface area (Å²) in [6.45, 7) is 4.56. The van der Waals surface area contributed by atoms with Crippen LogP contribution >= 0.6 is 0 Å². The number of hydrogen-bond donors (Lipinski definition) is 1. The number of benzene rings is 1. The first kappa shape index (κ1) is 15.6. The van der Waals surface area contributed by atoms with Gasteiger partial charge in [0.1, 0.15) is 5.75 Å². The van der Waals surface area contributed by atoms with Gasteiger partial charge in [-0.3, -0.25) is 9.48 Å². The van der Waals surface area contributed by atoms with Crippen LogP contribution in [0.5, 0.6) is 5.75 Å². The lowest BCUT2D eigenvalue weighted by Gasteiger charge is -2.15. The lowest BCUT2D eigenvalue weighted by molar-refractivity contribution is -0.123. The number of carbonyl (C=O) groups excluding carboxylic acids is 1. The summed E-state index contributed by atoms with van der Waals surface area (Å²) in [4.78, 5) is 11.8. The van der Waals surface area contributed by atoms with Crippen molar-refractivity contribution >= 4 is 5.91 Å². The number of aryl methyl sites for hydroxylation is 1. The van der Waals surface area contributed by atoms with Crippen molar-refractivity contribution in [1.29, 1.82) is 0 Å². The zero-order valence-electron chi connectivity index (χ0n) is 13.2. The van der Waals surface area contributed by atoms with E-state index in [1.807, 2.05) is 42.1 Å². The van der Waals surface area contributed by atoms with Crippen LogP contribution in [0.15, 0.2) is 30.5 Å². The van der Waals surface area contributed by atoms with E-state index >= 15 is 0 Å². The van der Waals surface area contributed by atoms with Gasteiger partial charge >= 0.3 is 0 Å². The van der Waals surface area contributed by atoms with Gasteiger partial charge in [-0.1, -0.05) is 12.1 Å². The van der Waals surface area contributed by atoms with E-state index in [0.29, 0.717) is 25.4 Å². The topological polar surface area (TPSA) is 65.4 Å². The fraction of sp³-hybridized carbons (Fsp3) is 0.412. The lowest BCUT2D eigenvalue weighted by Crippen LogP contribution is -2.32. The predicted molar refractivity (Wildman–Crippen MR) is 85.3 cm³/mol. The highest BCUT2D eigenvalue weighted by Crippen LogP contribution is 2.15. The van der Waals surface area contributed by atoms with Gasteiger partial charge in [0.15, 0.2) is 6.61 Å². The fourth-order valence-electron chi connectivity index (χ4n) is 2.61. The van der Waals surface area contributed by atoms with Crippen LogP contribution < -0.4 is 10.1 Å². The first-order valence-electron chi connectivity index (χ1n) is 7.80. The highest BCUT2D eigenvalue weighted by Gasteiger charge is 2.15. The number of carbonyl (C=O) groups is 1. The zero-order chi connectivity index (χ0) is 16.1. The Kier molecular flexibility index (Phi) is 4.92. The molecule has 2 heterocycles. The minimum atomic E-state index is -0.129. The molecular formula is C17H21N3O3. The molecule has 0 atom stereocenters. The normalized spacial score (nSPS) is 13.4. The largest absolute Gasteiger partial charge is 0.484 e. The molecule has 0 radical (unpaired) electrons. The molecule has 1 amide bonds. The molecular weight excluding hydrogens is 294 g/mol. The van der Waals surface area contributed by atoms with Gasteiger partial charge < -0.3 is 14.8 Å². The maximum atomic E-state index is 11.8. The summed E-state index contributed by atoms with van der Waals surface area (Å²) in [5.41, 5.74) is 3.46. The molecule has 0 aliphatic carbocycles. The fourth-order valence-corrected chi connectivity index (χ4v) is 2.61. The Morgan fingerprint density at radius 3 is 3.26 bits per heavy atom. The van der Waals surface area contributed by atoms with Crippen LogP contribution in [0.1, 0.15) is 16.8 Å². The number of fused-ring (bicyclic) bond motifs is 1. The van der Waals surface area contributed by atoms with Gasteiger partial charge in [0.2, 0.25) is 0 Å². The first-order chi connectivity index (χ1) is 11.2. The maximum Gasteiger partial charge on any atom is 0.258 e. The standard InChI is InChI=1S/C17H21N3O3/c1-13-3-2-4-15(9-13)23-12-17(21)18-6-7-20-16-5-8-22-11-14(16)10-19-20/h2-4,9-10H,5-8,11-12H2,1H3,(H,18,21). The predicted octanol–water partition coefficient (Wildman–Crippen LogP) is 1.46. The number of amides is 1. The van der Waals surface area contributed by atoms with Crippen molar-refractivity contribution in [2.45, 2.75) is 26.5 Å². The van der Waals surface area contributed by atoms with Crippen molar-refractivity contribution in [2.75, 3.05) is 19.8 Å². The number of rotatable bonds is 6. The van der Waals surface area contributed by atoms with Crippen molar-refractivity contribution in [3.05, 3.63) is 47.3 Å². The smallest absolute Gasteiger partial charge is 0.258 e. The van der Waals surface area contributed by atoms with E-state index in [0.717, 1.165) is 24.2 Å². The number of hydrogen-bond acceptors (Lipinski definition) is 4. The molecule has 6 heteroatoms. The van der Waals surface area contributed by atoms with Crippen LogP contribution in [-0.2, 0) is 29.1 Å². The molecule has 0 unspecified atom stereocenters. The maximum absolute atomic E-state index is 11.8. The second-order valence-corrected chi connectivity index (χ2v) is 5.60. The summed E-state index contributed by atoms with van der Waals surface area (Å²) >= 11 is 0. The summed E-state index contributed by atoms with van der Waals surface area (Å²) in [6.07, 6.45) is 2.72. The van der Waals surface area contributed by atoms with Gasteiger partial charge in [0.25, 0.3) is 5.91 Å². The van der Waals surface area contributed by atoms with Crippen LogP contribution in [0.4, 0.5) is 0 Å². The Labute approximate surface area is 135 Å². The number of nitrogens with zero attached hydrogens (tertiary/aromatic N) is 2. The third kappa shape index (κ3) is 4.10. The molecule has 0 spiro atoms. The van der Waals surface area contributed by atoms with Gasteiger partial charge in [-0.25, -0.2) is 0 Å². The van der Waals surface area contributed by atoms with E-state index in [1.165, 1.54) is 5.69 Å². The Hall–Kier alpha value is -2.34. The molecule has 6 nitrogen and oxygen atoms in total. The average molecular weight is 315 g/mol. The minimum absolute atomic E-state index is 0.0223. The van der Waals surface area contributed by atoms with Crippen LogP contribution in [0.2, 0.25) is 0 Å². The average Bonchev–Trinajstić information content (AvgIpc) is 2.97. The van der Waals surface area contributed by atoms with Gasteiger partial charge in [-0.05, 0) is 24.6 Å². The summed E-state index contributed by atoms with van der Waals surface area (Å²) < 4.78 is 12.8. The third-order valence-corrected chi connectivity index (χ3v) is 3.78. The van der Waals surface area contributed by atoms with Gasteiger partial charge in [0, 0.05) is 24.2 Å². The second-order valence-electron chi connectivity index (χ2n) is 5.60. The van der Waals surface area contributed by atoms with Crippen molar-refractivity contribution in [3.63, 3.8) is 0 Å². The van der Waals surface area contributed by atoms with E-state index in [9.17, 15) is 4.79 Å². The summed E-state index contributed by atoms with van der Waals surface area (Å²) in [6, 6.07) is 7.65. The summed E-state index contributed by atoms with van der Waals surface area (Å²) in [7, 11) is 0. The molecule has 3 rings (SSSR count). The Bertz CT molecular complexity index is 681. The Balaban J connectivity index is 1.42. The van der Waals surface area contributed by atoms with Crippen LogP contribution in [0.3, 0.4) is 0 Å². The van der Waals surface area contributed by atoms with Crippen molar-refractivity contribution in [3.8, 4) is 5.75 Å². The molecule has 0 saturated carbocycles. The Morgan fingerprint density at radius 1 is 1.48 bits per heavy atom. The molecule has 23 heavy (non-hydrogen) atoms. The van der Waals surface area contributed by atoms with Crippen LogP contribution in [-0.4, -0.2) is 35.4 Å². The monoisotopic (exact) mass is 315 g/mol. The van der Waals surface area contributed by atoms with Crippen LogP contribution in [0.25, 0.3) is 0 Å². The number of nitrogens with one attached hydrogen (secondary N) is 1. The van der Waals surface area contributed by atoms with Crippen molar-refractivity contribution in [2.24, 2.45) is 0 Å². The molecule has 1 aromatic carbocycles. The highest BCUT2D eigenvalue weighted by atomic mass is 16.5. The van der Waals surface area contributed by atoms with Crippen molar-refractivity contribution in [1.82, 2.24) is 15.1 Å². The first-order valence-corrected chi connectivity index (χ1v) is 7.80. The van der Waals surface area contributed by atoms with E-state index in [2.05, 4.69) is 10.4 Å². The van der Waals surface area contributed by atoms with Crippen LogP contribution in [0, 0.1) is 6.92 Å². The second kappa shape index (κ2) is 7.28. The van der Waals surface area contributed by atoms with Gasteiger partial charge in [-0.2, -0.15) is 5.10 Å². The van der Waals surface area contributed by atoms with Gasteiger partial charge in [-0.15, -0.1) is 0 Å². The lowest BCUT2D eigenvalue weighted by atomic mass is 10.2. The SMILES string of the molecule is Cc1cccc(OCC(=O)NCCn2ncc3c2CCOC3)c1. The molecule has 1 aromatic heterocycles. The molecule has 1 aliphatic heterocycles. The van der Waals surface area contributed by atoms with E-state index in [4.69, 9.17) is 9.47 Å². The highest BCUT2D eigenvalue weighted by molar-refractivity contribution is 5.77. The molecule has 0 bridgehead atoms. The zero-order valence-corrected chi connectivity index (χ0v) is 13.2. The molecule has 122 valence electrons. The molecule has 0 fully saturated rings. The number of aromatic nitrogens is 2. The van der Waals surface area contributed by atoms with Crippen molar-refractivity contribution < 1.29 is 14.3 Å².